The first-order chi connectivity index (χ1) is 17.0. The number of anilines is 2. The summed E-state index contributed by atoms with van der Waals surface area (Å²) in [6.07, 6.45) is 14.3. The lowest BCUT2D eigenvalue weighted by molar-refractivity contribution is -0.119. The molecule has 35 heavy (non-hydrogen) atoms. The van der Waals surface area contributed by atoms with Gasteiger partial charge in [0.05, 0.1) is 0 Å². The second-order valence-electron chi connectivity index (χ2n) is 9.19. The van der Waals surface area contributed by atoms with Gasteiger partial charge in [-0.3, -0.25) is 9.59 Å². The van der Waals surface area contributed by atoms with Gasteiger partial charge in [0.1, 0.15) is 0 Å². The number of hydrogen-bond acceptors (Lipinski definition) is 3. The van der Waals surface area contributed by atoms with Crippen LogP contribution < -0.4 is 16.0 Å². The van der Waals surface area contributed by atoms with E-state index in [9.17, 15) is 9.59 Å². The molecule has 0 bridgehead atoms. The number of hydrogen-bond donors (Lipinski definition) is 3. The number of nitrogens with one attached hydrogen (secondary N) is 3. The molecule has 0 atom stereocenters. The molecule has 0 aliphatic rings. The van der Waals surface area contributed by atoms with Crippen LogP contribution >= 0.6 is 12.2 Å². The number of amides is 2. The van der Waals surface area contributed by atoms with Gasteiger partial charge in [0.15, 0.2) is 5.11 Å². The van der Waals surface area contributed by atoms with E-state index < -0.39 is 0 Å². The van der Waals surface area contributed by atoms with E-state index in [1.165, 1.54) is 57.8 Å². The quantitative estimate of drug-likeness (QED) is 0.174. The summed E-state index contributed by atoms with van der Waals surface area (Å²) in [5.74, 6) is -0.208. The molecule has 2 aromatic carbocycles. The third-order valence-corrected chi connectivity index (χ3v) is 6.15. The zero-order valence-corrected chi connectivity index (χ0v) is 22.1. The van der Waals surface area contributed by atoms with Gasteiger partial charge in [-0.25, -0.2) is 0 Å². The van der Waals surface area contributed by atoms with E-state index in [0.29, 0.717) is 17.7 Å². The molecule has 0 saturated heterocycles. The summed E-state index contributed by atoms with van der Waals surface area (Å²) >= 11 is 5.27. The van der Waals surface area contributed by atoms with Crippen molar-refractivity contribution in [1.29, 1.82) is 0 Å². The minimum Gasteiger partial charge on any atom is -0.332 e. The zero-order chi connectivity index (χ0) is 25.3. The number of carbonyl (C=O) groups is 2. The van der Waals surface area contributed by atoms with Crippen LogP contribution in [-0.2, 0) is 4.79 Å². The number of unbranched alkanes of at least 4 members (excludes halogenated alkanes) is 10. The highest BCUT2D eigenvalue weighted by atomic mass is 32.1. The van der Waals surface area contributed by atoms with Crippen LogP contribution in [0.5, 0.6) is 0 Å². The zero-order valence-electron chi connectivity index (χ0n) is 21.3. The molecule has 0 radical (unpaired) electrons. The molecule has 0 fully saturated rings. The average Bonchev–Trinajstić information content (AvgIpc) is 2.83. The number of rotatable bonds is 15. The van der Waals surface area contributed by atoms with Crippen LogP contribution in [0.1, 0.15) is 99.9 Å². The van der Waals surface area contributed by atoms with Crippen molar-refractivity contribution in [3.8, 4) is 0 Å². The minimum absolute atomic E-state index is 0.0551. The molecule has 2 aromatic rings. The monoisotopic (exact) mass is 495 g/mol. The second-order valence-corrected chi connectivity index (χ2v) is 9.60. The summed E-state index contributed by atoms with van der Waals surface area (Å²) in [7, 11) is 0. The van der Waals surface area contributed by atoms with Crippen LogP contribution in [0.3, 0.4) is 0 Å². The van der Waals surface area contributed by atoms with E-state index in [1.807, 2.05) is 37.3 Å². The Morgan fingerprint density at radius 1 is 0.743 bits per heavy atom. The lowest BCUT2D eigenvalue weighted by Gasteiger charge is -2.11. The molecule has 2 amide bonds. The molecule has 0 aliphatic carbocycles. The van der Waals surface area contributed by atoms with E-state index in [2.05, 4.69) is 22.9 Å². The van der Waals surface area contributed by atoms with Crippen molar-refractivity contribution in [2.24, 2.45) is 0 Å². The van der Waals surface area contributed by atoms with Gasteiger partial charge < -0.3 is 16.0 Å². The smallest absolute Gasteiger partial charge is 0.255 e. The Labute approximate surface area is 216 Å². The molecular weight excluding hydrogens is 454 g/mol. The molecule has 5 nitrogen and oxygen atoms in total. The summed E-state index contributed by atoms with van der Waals surface area (Å²) < 4.78 is 0. The van der Waals surface area contributed by atoms with Gasteiger partial charge in [-0.1, -0.05) is 88.8 Å². The molecule has 190 valence electrons. The number of benzene rings is 2. The molecule has 6 heteroatoms. The standard InChI is InChI=1S/C29H41N3O2S/c1-3-4-5-6-7-8-9-10-11-12-13-17-27(33)32-29(35)31-26-20-18-25(19-21-26)30-28(34)24-16-14-15-23(2)22-24/h14-16,18-22H,3-13,17H2,1-2H3,(H,30,34)(H2,31,32,33,35). The normalized spacial score (nSPS) is 10.6. The van der Waals surface area contributed by atoms with Crippen molar-refractivity contribution in [1.82, 2.24) is 5.32 Å². The van der Waals surface area contributed by atoms with Gasteiger partial charge >= 0.3 is 0 Å². The van der Waals surface area contributed by atoms with Crippen LogP contribution in [0.4, 0.5) is 11.4 Å². The summed E-state index contributed by atoms with van der Waals surface area (Å²) in [6, 6.07) is 14.7. The molecule has 2 rings (SSSR count). The minimum atomic E-state index is -0.153. The first-order valence-corrected chi connectivity index (χ1v) is 13.5. The maximum atomic E-state index is 12.4. The van der Waals surface area contributed by atoms with Crippen LogP contribution in [0.15, 0.2) is 48.5 Å². The molecule has 0 aromatic heterocycles. The number of thiocarbonyl (C=S) groups is 1. The van der Waals surface area contributed by atoms with Gasteiger partial charge in [-0.2, -0.15) is 0 Å². The van der Waals surface area contributed by atoms with Gasteiger partial charge in [-0.05, 0) is 62.0 Å². The van der Waals surface area contributed by atoms with Gasteiger partial charge in [-0.15, -0.1) is 0 Å². The van der Waals surface area contributed by atoms with Crippen molar-refractivity contribution in [2.75, 3.05) is 10.6 Å². The van der Waals surface area contributed by atoms with Gasteiger partial charge in [0, 0.05) is 23.4 Å². The highest BCUT2D eigenvalue weighted by molar-refractivity contribution is 7.80. The van der Waals surface area contributed by atoms with E-state index >= 15 is 0 Å². The maximum Gasteiger partial charge on any atom is 0.255 e. The Kier molecular flexibility index (Phi) is 13.7. The summed E-state index contributed by atoms with van der Waals surface area (Å²) in [5, 5.41) is 8.94. The first kappa shape index (κ1) is 28.5. The highest BCUT2D eigenvalue weighted by Gasteiger charge is 2.07. The summed E-state index contributed by atoms with van der Waals surface area (Å²) in [5.41, 5.74) is 3.09. The number of aryl methyl sites for hydroxylation is 1. The van der Waals surface area contributed by atoms with E-state index in [0.717, 1.165) is 24.1 Å². The number of carbonyl (C=O) groups excluding carboxylic acids is 2. The molecule has 0 saturated carbocycles. The Morgan fingerprint density at radius 2 is 1.29 bits per heavy atom. The highest BCUT2D eigenvalue weighted by Crippen LogP contribution is 2.16. The fourth-order valence-corrected chi connectivity index (χ4v) is 4.16. The Morgan fingerprint density at radius 3 is 1.86 bits per heavy atom. The van der Waals surface area contributed by atoms with Crippen molar-refractivity contribution in [3.05, 3.63) is 59.7 Å². The largest absolute Gasteiger partial charge is 0.332 e. The van der Waals surface area contributed by atoms with E-state index in [1.54, 1.807) is 18.2 Å². The van der Waals surface area contributed by atoms with Gasteiger partial charge in [0.2, 0.25) is 5.91 Å². The van der Waals surface area contributed by atoms with Crippen LogP contribution in [0.2, 0.25) is 0 Å². The third-order valence-electron chi connectivity index (χ3n) is 5.94. The lowest BCUT2D eigenvalue weighted by Crippen LogP contribution is -2.33. The molecule has 0 heterocycles. The van der Waals surface area contributed by atoms with Gasteiger partial charge in [0.25, 0.3) is 5.91 Å². The summed E-state index contributed by atoms with van der Waals surface area (Å²) in [6.45, 7) is 4.21. The van der Waals surface area contributed by atoms with Crippen molar-refractivity contribution >= 4 is 40.5 Å². The fourth-order valence-electron chi connectivity index (χ4n) is 3.93. The summed E-state index contributed by atoms with van der Waals surface area (Å²) in [4.78, 5) is 24.5. The predicted molar refractivity (Wildman–Crippen MR) is 151 cm³/mol. The Balaban J connectivity index is 1.57. The lowest BCUT2D eigenvalue weighted by atomic mass is 10.1. The first-order valence-electron chi connectivity index (χ1n) is 13.1. The molecular formula is C29H41N3O2S. The topological polar surface area (TPSA) is 70.2 Å². The molecule has 0 unspecified atom stereocenters. The SMILES string of the molecule is CCCCCCCCCCCCCC(=O)NC(=S)Nc1ccc(NC(=O)c2cccc(C)c2)cc1. The maximum absolute atomic E-state index is 12.4. The Hall–Kier alpha value is -2.73. The fraction of sp³-hybridized carbons (Fsp3) is 0.483. The van der Waals surface area contributed by atoms with E-state index in [4.69, 9.17) is 12.2 Å². The van der Waals surface area contributed by atoms with Crippen molar-refractivity contribution < 1.29 is 9.59 Å². The van der Waals surface area contributed by atoms with Crippen LogP contribution in [-0.4, -0.2) is 16.9 Å². The van der Waals surface area contributed by atoms with Crippen molar-refractivity contribution in [3.63, 3.8) is 0 Å². The predicted octanol–water partition coefficient (Wildman–Crippen LogP) is 7.76. The molecule has 0 aliphatic heterocycles. The molecule has 3 N–H and O–H groups in total. The molecule has 0 spiro atoms. The van der Waals surface area contributed by atoms with E-state index in [-0.39, 0.29) is 16.9 Å². The van der Waals surface area contributed by atoms with Crippen molar-refractivity contribution in [2.45, 2.75) is 90.9 Å². The average molecular weight is 496 g/mol. The third kappa shape index (κ3) is 12.5. The Bertz CT molecular complexity index is 928. The second kappa shape index (κ2) is 16.8. The van der Waals surface area contributed by atoms with Crippen LogP contribution in [0, 0.1) is 6.92 Å². The van der Waals surface area contributed by atoms with Crippen LogP contribution in [0.25, 0.3) is 0 Å².